The smallest absolute Gasteiger partial charge is 0.387 e. The summed E-state index contributed by atoms with van der Waals surface area (Å²) in [6, 6.07) is 9.93. The van der Waals surface area contributed by atoms with Crippen LogP contribution in [0, 0.1) is 0 Å². The van der Waals surface area contributed by atoms with Crippen molar-refractivity contribution in [3.8, 4) is 11.5 Å². The van der Waals surface area contributed by atoms with E-state index in [9.17, 15) is 22.0 Å². The number of halogens is 2. The largest absolute Gasteiger partial charge is 0.493 e. The molecule has 3 rings (SSSR count). The van der Waals surface area contributed by atoms with E-state index in [1.54, 1.807) is 0 Å². The van der Waals surface area contributed by atoms with Crippen LogP contribution in [0.15, 0.2) is 52.5 Å². The molecule has 1 aliphatic heterocycles. The van der Waals surface area contributed by atoms with E-state index in [2.05, 4.69) is 15.3 Å². The Bertz CT molecular complexity index is 1090. The molecule has 1 fully saturated rings. The summed E-state index contributed by atoms with van der Waals surface area (Å²) in [5.74, 6) is -0.645. The fourth-order valence-electron chi connectivity index (χ4n) is 3.24. The highest BCUT2D eigenvalue weighted by atomic mass is 32.2. The summed E-state index contributed by atoms with van der Waals surface area (Å²) in [6.07, 6.45) is 3.92. The minimum atomic E-state index is -3.67. The molecule has 2 aromatic rings. The molecule has 1 aliphatic rings. The van der Waals surface area contributed by atoms with E-state index in [0.717, 1.165) is 19.3 Å². The van der Waals surface area contributed by atoms with Crippen molar-refractivity contribution in [2.24, 2.45) is 5.10 Å². The number of rotatable bonds is 8. The molecule has 0 unspecified atom stereocenters. The van der Waals surface area contributed by atoms with E-state index in [-0.39, 0.29) is 22.0 Å². The number of ether oxygens (including phenoxy) is 2. The van der Waals surface area contributed by atoms with Crippen molar-refractivity contribution < 1.29 is 31.5 Å². The van der Waals surface area contributed by atoms with Gasteiger partial charge in [-0.05, 0) is 54.8 Å². The van der Waals surface area contributed by atoms with E-state index in [0.29, 0.717) is 18.7 Å². The van der Waals surface area contributed by atoms with Crippen molar-refractivity contribution in [2.45, 2.75) is 30.8 Å². The summed E-state index contributed by atoms with van der Waals surface area (Å²) in [6.45, 7) is -2.06. The van der Waals surface area contributed by atoms with Gasteiger partial charge in [0.25, 0.3) is 5.91 Å². The molecule has 0 spiro atoms. The van der Waals surface area contributed by atoms with E-state index in [1.807, 2.05) is 0 Å². The number of alkyl halides is 2. The third-order valence-corrected chi connectivity index (χ3v) is 6.73. The van der Waals surface area contributed by atoms with Crippen molar-refractivity contribution in [1.29, 1.82) is 0 Å². The SMILES string of the molecule is COc1cc(/C=N/NC(=O)c2cccc(S(=O)(=O)N3CCCCC3)c2)ccc1OC(F)F. The molecule has 1 amide bonds. The van der Waals surface area contributed by atoms with Crippen molar-refractivity contribution in [2.75, 3.05) is 20.2 Å². The van der Waals surface area contributed by atoms with Crippen LogP contribution in [0.3, 0.4) is 0 Å². The second-order valence-corrected chi connectivity index (χ2v) is 8.92. The number of amides is 1. The Hall–Kier alpha value is -3.05. The van der Waals surface area contributed by atoms with E-state index in [4.69, 9.17) is 4.74 Å². The van der Waals surface area contributed by atoms with Gasteiger partial charge >= 0.3 is 6.61 Å². The second kappa shape index (κ2) is 10.5. The van der Waals surface area contributed by atoms with Crippen LogP contribution in [0.4, 0.5) is 8.78 Å². The van der Waals surface area contributed by atoms with Gasteiger partial charge in [-0.3, -0.25) is 4.79 Å². The standard InChI is InChI=1S/C21H23F2N3O5S/c1-30-19-12-15(8-9-18(19)31-21(22)23)14-24-25-20(27)16-6-5-7-17(13-16)32(28,29)26-10-3-2-4-11-26/h5-9,12-14,21H,2-4,10-11H2,1H3,(H,25,27)/b24-14+. The number of carbonyl (C=O) groups is 1. The molecule has 172 valence electrons. The van der Waals surface area contributed by atoms with Crippen LogP contribution in [0.25, 0.3) is 0 Å². The zero-order chi connectivity index (χ0) is 23.1. The number of benzene rings is 2. The number of hydrazone groups is 1. The molecule has 1 heterocycles. The number of hydrogen-bond acceptors (Lipinski definition) is 6. The summed E-state index contributed by atoms with van der Waals surface area (Å²) < 4.78 is 61.2. The quantitative estimate of drug-likeness (QED) is 0.475. The van der Waals surface area contributed by atoms with Crippen LogP contribution in [-0.2, 0) is 10.0 Å². The van der Waals surface area contributed by atoms with Crippen LogP contribution in [0.1, 0.15) is 35.2 Å². The highest BCUT2D eigenvalue weighted by Crippen LogP contribution is 2.29. The van der Waals surface area contributed by atoms with Crippen LogP contribution in [-0.4, -0.2) is 51.7 Å². The third kappa shape index (κ3) is 5.80. The third-order valence-electron chi connectivity index (χ3n) is 4.83. The number of sulfonamides is 1. The first-order valence-corrected chi connectivity index (χ1v) is 11.3. The fourth-order valence-corrected chi connectivity index (χ4v) is 4.80. The molecule has 0 saturated carbocycles. The minimum absolute atomic E-state index is 0.0513. The van der Waals surface area contributed by atoms with E-state index < -0.39 is 22.5 Å². The van der Waals surface area contributed by atoms with E-state index >= 15 is 0 Å². The lowest BCUT2D eigenvalue weighted by atomic mass is 10.2. The van der Waals surface area contributed by atoms with Crippen molar-refractivity contribution >= 4 is 22.1 Å². The molecular weight excluding hydrogens is 444 g/mol. The number of nitrogens with zero attached hydrogens (tertiary/aromatic N) is 2. The average molecular weight is 467 g/mol. The van der Waals surface area contributed by atoms with Gasteiger partial charge in [-0.1, -0.05) is 12.5 Å². The first-order chi connectivity index (χ1) is 15.3. The predicted octanol–water partition coefficient (Wildman–Crippen LogP) is 3.24. The number of methoxy groups -OCH3 is 1. The van der Waals surface area contributed by atoms with Gasteiger partial charge < -0.3 is 9.47 Å². The highest BCUT2D eigenvalue weighted by Gasteiger charge is 2.26. The van der Waals surface area contributed by atoms with Gasteiger partial charge in [0.15, 0.2) is 11.5 Å². The Labute approximate surface area is 184 Å². The van der Waals surface area contributed by atoms with E-state index in [1.165, 1.54) is 60.1 Å². The Balaban J connectivity index is 1.69. The lowest BCUT2D eigenvalue weighted by Gasteiger charge is -2.25. The lowest BCUT2D eigenvalue weighted by Crippen LogP contribution is -2.35. The number of hydrogen-bond donors (Lipinski definition) is 1. The molecule has 0 aromatic heterocycles. The number of nitrogens with one attached hydrogen (secondary N) is 1. The minimum Gasteiger partial charge on any atom is -0.493 e. The van der Waals surface area contributed by atoms with Crippen molar-refractivity contribution in [1.82, 2.24) is 9.73 Å². The van der Waals surface area contributed by atoms with Crippen LogP contribution < -0.4 is 14.9 Å². The second-order valence-electron chi connectivity index (χ2n) is 6.98. The Morgan fingerprint density at radius 1 is 1.12 bits per heavy atom. The maximum atomic E-state index is 12.8. The zero-order valence-corrected chi connectivity index (χ0v) is 18.1. The fraction of sp³-hybridized carbons (Fsp3) is 0.333. The monoisotopic (exact) mass is 467 g/mol. The van der Waals surface area contributed by atoms with Gasteiger partial charge in [0, 0.05) is 18.7 Å². The van der Waals surface area contributed by atoms with Crippen LogP contribution in [0.2, 0.25) is 0 Å². The predicted molar refractivity (Wildman–Crippen MR) is 114 cm³/mol. The molecule has 0 atom stereocenters. The summed E-state index contributed by atoms with van der Waals surface area (Å²) in [4.78, 5) is 12.5. The Morgan fingerprint density at radius 2 is 1.88 bits per heavy atom. The van der Waals surface area contributed by atoms with Gasteiger partial charge in [-0.25, -0.2) is 13.8 Å². The van der Waals surface area contributed by atoms with Crippen molar-refractivity contribution in [3.05, 3.63) is 53.6 Å². The van der Waals surface area contributed by atoms with Gasteiger partial charge in [0.1, 0.15) is 0 Å². The molecule has 1 N–H and O–H groups in total. The molecule has 2 aromatic carbocycles. The van der Waals surface area contributed by atoms with Gasteiger partial charge in [-0.15, -0.1) is 0 Å². The Morgan fingerprint density at radius 3 is 2.56 bits per heavy atom. The summed E-state index contributed by atoms with van der Waals surface area (Å²) in [7, 11) is -2.36. The maximum Gasteiger partial charge on any atom is 0.387 e. The van der Waals surface area contributed by atoms with Crippen LogP contribution in [0.5, 0.6) is 11.5 Å². The topological polar surface area (TPSA) is 97.3 Å². The number of piperidine rings is 1. The summed E-state index contributed by atoms with van der Waals surface area (Å²) >= 11 is 0. The molecule has 0 bridgehead atoms. The molecule has 32 heavy (non-hydrogen) atoms. The summed E-state index contributed by atoms with van der Waals surface area (Å²) in [5, 5.41) is 3.84. The van der Waals surface area contributed by atoms with Gasteiger partial charge in [0.05, 0.1) is 18.2 Å². The van der Waals surface area contributed by atoms with Gasteiger partial charge in [-0.2, -0.15) is 18.2 Å². The van der Waals surface area contributed by atoms with Gasteiger partial charge in [0.2, 0.25) is 10.0 Å². The Kier molecular flexibility index (Phi) is 7.75. The zero-order valence-electron chi connectivity index (χ0n) is 17.3. The van der Waals surface area contributed by atoms with Crippen molar-refractivity contribution in [3.63, 3.8) is 0 Å². The average Bonchev–Trinajstić information content (AvgIpc) is 2.80. The first kappa shape index (κ1) is 23.6. The lowest BCUT2D eigenvalue weighted by molar-refractivity contribution is -0.0512. The molecule has 11 heteroatoms. The molecule has 1 saturated heterocycles. The molecule has 0 aliphatic carbocycles. The summed E-state index contributed by atoms with van der Waals surface area (Å²) in [5.41, 5.74) is 2.92. The molecule has 8 nitrogen and oxygen atoms in total. The van der Waals surface area contributed by atoms with Crippen LogP contribution >= 0.6 is 0 Å². The number of carbonyl (C=O) groups excluding carboxylic acids is 1. The maximum absolute atomic E-state index is 12.8. The molecule has 0 radical (unpaired) electrons. The highest BCUT2D eigenvalue weighted by molar-refractivity contribution is 7.89. The normalized spacial score (nSPS) is 15.1. The first-order valence-electron chi connectivity index (χ1n) is 9.88. The molecular formula is C21H23F2N3O5S.